The SMILES string of the molecule is Nc1ccc(NC(=O)CN2CCCC(CCO)C2)c(Br)c1. The van der Waals surface area contributed by atoms with Crippen LogP contribution in [-0.4, -0.2) is 42.2 Å². The number of aliphatic hydroxyl groups is 1. The second kappa shape index (κ2) is 7.77. The number of likely N-dealkylation sites (tertiary alicyclic amines) is 1. The van der Waals surface area contributed by atoms with Crippen LogP contribution in [0.2, 0.25) is 0 Å². The summed E-state index contributed by atoms with van der Waals surface area (Å²) in [4.78, 5) is 14.3. The maximum Gasteiger partial charge on any atom is 0.238 e. The number of nitrogens with one attached hydrogen (secondary N) is 1. The maximum absolute atomic E-state index is 12.1. The number of rotatable bonds is 5. The van der Waals surface area contributed by atoms with E-state index in [1.54, 1.807) is 18.2 Å². The van der Waals surface area contributed by atoms with Crippen LogP contribution in [-0.2, 0) is 4.79 Å². The van der Waals surface area contributed by atoms with E-state index in [9.17, 15) is 4.79 Å². The number of anilines is 2. The predicted octanol–water partition coefficient (Wildman–Crippen LogP) is 2.06. The molecular formula is C15H22BrN3O2. The fourth-order valence-corrected chi connectivity index (χ4v) is 3.23. The molecule has 0 aromatic heterocycles. The third-order valence-electron chi connectivity index (χ3n) is 3.77. The van der Waals surface area contributed by atoms with Crippen LogP contribution in [0, 0.1) is 5.92 Å². The third-order valence-corrected chi connectivity index (χ3v) is 4.43. The monoisotopic (exact) mass is 355 g/mol. The third kappa shape index (κ3) is 4.98. The average Bonchev–Trinajstić information content (AvgIpc) is 2.43. The van der Waals surface area contributed by atoms with Crippen molar-refractivity contribution in [3.63, 3.8) is 0 Å². The first-order chi connectivity index (χ1) is 10.1. The summed E-state index contributed by atoms with van der Waals surface area (Å²) < 4.78 is 0.785. The van der Waals surface area contributed by atoms with Gasteiger partial charge in [-0.25, -0.2) is 0 Å². The normalized spacial score (nSPS) is 19.4. The number of hydrogen-bond donors (Lipinski definition) is 3. The fraction of sp³-hybridized carbons (Fsp3) is 0.533. The smallest absolute Gasteiger partial charge is 0.238 e. The molecule has 1 atom stereocenters. The average molecular weight is 356 g/mol. The van der Waals surface area contributed by atoms with E-state index < -0.39 is 0 Å². The molecule has 21 heavy (non-hydrogen) atoms. The number of aliphatic hydroxyl groups excluding tert-OH is 1. The van der Waals surface area contributed by atoms with Gasteiger partial charge in [0.2, 0.25) is 5.91 Å². The van der Waals surface area contributed by atoms with Crippen molar-refractivity contribution < 1.29 is 9.90 Å². The number of benzene rings is 1. The Bertz CT molecular complexity index is 494. The molecule has 4 N–H and O–H groups in total. The molecule has 1 aromatic carbocycles. The van der Waals surface area contributed by atoms with Crippen LogP contribution in [0.1, 0.15) is 19.3 Å². The highest BCUT2D eigenvalue weighted by Gasteiger charge is 2.21. The van der Waals surface area contributed by atoms with Crippen molar-refractivity contribution in [3.05, 3.63) is 22.7 Å². The second-order valence-corrected chi connectivity index (χ2v) is 6.40. The summed E-state index contributed by atoms with van der Waals surface area (Å²) in [6.07, 6.45) is 3.05. The minimum absolute atomic E-state index is 0.0230. The van der Waals surface area contributed by atoms with Crippen LogP contribution in [0.15, 0.2) is 22.7 Å². The topological polar surface area (TPSA) is 78.6 Å². The van der Waals surface area contributed by atoms with Gasteiger partial charge in [0.25, 0.3) is 0 Å². The van der Waals surface area contributed by atoms with Crippen molar-refractivity contribution >= 4 is 33.2 Å². The summed E-state index contributed by atoms with van der Waals surface area (Å²) >= 11 is 3.39. The number of carbonyl (C=O) groups is 1. The van der Waals surface area contributed by atoms with Crippen molar-refractivity contribution in [3.8, 4) is 0 Å². The maximum atomic E-state index is 12.1. The molecular weight excluding hydrogens is 334 g/mol. The summed E-state index contributed by atoms with van der Waals surface area (Å²) in [6.45, 7) is 2.44. The highest BCUT2D eigenvalue weighted by molar-refractivity contribution is 9.10. The molecule has 2 rings (SSSR count). The van der Waals surface area contributed by atoms with Gasteiger partial charge in [0.1, 0.15) is 0 Å². The van der Waals surface area contributed by atoms with Gasteiger partial charge in [-0.1, -0.05) is 0 Å². The number of carbonyl (C=O) groups excluding carboxylic acids is 1. The van der Waals surface area contributed by atoms with Gasteiger partial charge >= 0.3 is 0 Å². The van der Waals surface area contributed by atoms with E-state index in [1.165, 1.54) is 0 Å². The number of amides is 1. The van der Waals surface area contributed by atoms with E-state index in [2.05, 4.69) is 26.1 Å². The lowest BCUT2D eigenvalue weighted by Crippen LogP contribution is -2.40. The first-order valence-corrected chi connectivity index (χ1v) is 8.06. The Balaban J connectivity index is 1.86. The highest BCUT2D eigenvalue weighted by atomic mass is 79.9. The van der Waals surface area contributed by atoms with Crippen LogP contribution >= 0.6 is 15.9 Å². The second-order valence-electron chi connectivity index (χ2n) is 5.54. The number of nitrogens with zero attached hydrogens (tertiary/aromatic N) is 1. The van der Waals surface area contributed by atoms with Crippen molar-refractivity contribution in [2.75, 3.05) is 37.3 Å². The van der Waals surface area contributed by atoms with E-state index in [1.807, 2.05) is 0 Å². The van der Waals surface area contributed by atoms with Crippen LogP contribution in [0.4, 0.5) is 11.4 Å². The Labute approximate surface area is 133 Å². The predicted molar refractivity (Wildman–Crippen MR) is 88.1 cm³/mol. The zero-order valence-corrected chi connectivity index (χ0v) is 13.6. The van der Waals surface area contributed by atoms with Crippen LogP contribution in [0.5, 0.6) is 0 Å². The number of piperidine rings is 1. The molecule has 1 amide bonds. The van der Waals surface area contributed by atoms with E-state index in [-0.39, 0.29) is 12.5 Å². The minimum atomic E-state index is -0.0230. The van der Waals surface area contributed by atoms with Crippen molar-refractivity contribution in [1.82, 2.24) is 4.90 Å². The van der Waals surface area contributed by atoms with Gasteiger partial charge in [-0.05, 0) is 65.9 Å². The lowest BCUT2D eigenvalue weighted by Gasteiger charge is -2.31. The molecule has 1 aliphatic heterocycles. The molecule has 0 spiro atoms. The number of halogens is 1. The number of nitrogens with two attached hydrogens (primary N) is 1. The summed E-state index contributed by atoms with van der Waals surface area (Å²) in [6, 6.07) is 5.33. The van der Waals surface area contributed by atoms with Crippen LogP contribution in [0.3, 0.4) is 0 Å². The van der Waals surface area contributed by atoms with E-state index >= 15 is 0 Å². The summed E-state index contributed by atoms with van der Waals surface area (Å²) in [7, 11) is 0. The van der Waals surface area contributed by atoms with Gasteiger partial charge in [0, 0.05) is 23.3 Å². The van der Waals surface area contributed by atoms with Gasteiger partial charge in [0.05, 0.1) is 12.2 Å². The van der Waals surface area contributed by atoms with Crippen LogP contribution in [0.25, 0.3) is 0 Å². The zero-order chi connectivity index (χ0) is 15.2. The molecule has 1 unspecified atom stereocenters. The Hall–Kier alpha value is -1.11. The lowest BCUT2D eigenvalue weighted by molar-refractivity contribution is -0.117. The molecule has 6 heteroatoms. The summed E-state index contributed by atoms with van der Waals surface area (Å²) in [5.41, 5.74) is 7.07. The molecule has 1 aromatic rings. The van der Waals surface area contributed by atoms with Gasteiger partial charge in [0.15, 0.2) is 0 Å². The Morgan fingerprint density at radius 3 is 3.05 bits per heavy atom. The van der Waals surface area contributed by atoms with Crippen LogP contribution < -0.4 is 11.1 Å². The molecule has 0 aliphatic carbocycles. The molecule has 1 fully saturated rings. The number of hydrogen-bond acceptors (Lipinski definition) is 4. The lowest BCUT2D eigenvalue weighted by atomic mass is 9.95. The fourth-order valence-electron chi connectivity index (χ4n) is 2.74. The number of nitrogen functional groups attached to an aromatic ring is 1. The highest BCUT2D eigenvalue weighted by Crippen LogP contribution is 2.25. The Morgan fingerprint density at radius 1 is 1.52 bits per heavy atom. The Kier molecular flexibility index (Phi) is 6.02. The molecule has 116 valence electrons. The Morgan fingerprint density at radius 2 is 2.33 bits per heavy atom. The molecule has 1 heterocycles. The standard InChI is InChI=1S/C15H22BrN3O2/c16-13-8-12(17)3-4-14(13)18-15(21)10-19-6-1-2-11(9-19)5-7-20/h3-4,8,11,20H,1-2,5-7,9-10,17H2,(H,18,21). The van der Waals surface area contributed by atoms with Crippen molar-refractivity contribution in [1.29, 1.82) is 0 Å². The van der Waals surface area contributed by atoms with Crippen molar-refractivity contribution in [2.45, 2.75) is 19.3 Å². The van der Waals surface area contributed by atoms with Gasteiger partial charge in [-0.2, -0.15) is 0 Å². The summed E-state index contributed by atoms with van der Waals surface area (Å²) in [5.74, 6) is 0.477. The molecule has 0 radical (unpaired) electrons. The first kappa shape index (κ1) is 16.3. The molecule has 0 bridgehead atoms. The van der Waals surface area contributed by atoms with E-state index in [0.717, 1.165) is 42.5 Å². The zero-order valence-electron chi connectivity index (χ0n) is 12.0. The van der Waals surface area contributed by atoms with Gasteiger partial charge in [-0.15, -0.1) is 0 Å². The first-order valence-electron chi connectivity index (χ1n) is 7.26. The molecule has 1 aliphatic rings. The molecule has 1 saturated heterocycles. The largest absolute Gasteiger partial charge is 0.399 e. The van der Waals surface area contributed by atoms with Gasteiger partial charge < -0.3 is 16.2 Å². The van der Waals surface area contributed by atoms with E-state index in [0.29, 0.717) is 18.2 Å². The molecule has 5 nitrogen and oxygen atoms in total. The van der Waals surface area contributed by atoms with Gasteiger partial charge in [-0.3, -0.25) is 9.69 Å². The van der Waals surface area contributed by atoms with E-state index in [4.69, 9.17) is 10.8 Å². The summed E-state index contributed by atoms with van der Waals surface area (Å²) in [5, 5.41) is 11.9. The quantitative estimate of drug-likeness (QED) is 0.706. The molecule has 0 saturated carbocycles. The van der Waals surface area contributed by atoms with Crippen molar-refractivity contribution in [2.24, 2.45) is 5.92 Å². The minimum Gasteiger partial charge on any atom is -0.399 e.